The largest absolute Gasteiger partial charge is 0.496 e. The molecule has 8 heteroatoms. The lowest BCUT2D eigenvalue weighted by molar-refractivity contribution is -0.124. The molecule has 0 saturated heterocycles. The molecule has 1 atom stereocenters. The number of thiophene rings is 1. The number of nitrogens with zero attached hydrogens (tertiary/aromatic N) is 1. The molecule has 0 radical (unpaired) electrons. The Bertz CT molecular complexity index is 1100. The van der Waals surface area contributed by atoms with Crippen molar-refractivity contribution in [3.8, 4) is 5.75 Å². The van der Waals surface area contributed by atoms with Gasteiger partial charge in [-0.3, -0.25) is 9.59 Å². The first-order valence-electron chi connectivity index (χ1n) is 9.92. The van der Waals surface area contributed by atoms with Crippen LogP contribution in [0.5, 0.6) is 5.75 Å². The molecule has 0 saturated carbocycles. The molecule has 0 fully saturated rings. The molecule has 0 aliphatic rings. The number of rotatable bonds is 8. The van der Waals surface area contributed by atoms with Crippen molar-refractivity contribution in [2.45, 2.75) is 13.0 Å². The lowest BCUT2D eigenvalue weighted by atomic mass is 10.1. The monoisotopic (exact) mass is 452 g/mol. The van der Waals surface area contributed by atoms with E-state index in [1.54, 1.807) is 50.6 Å². The quantitative estimate of drug-likeness (QED) is 0.521. The number of hydrogen-bond acceptors (Lipinski definition) is 6. The summed E-state index contributed by atoms with van der Waals surface area (Å²) in [5.41, 5.74) is 1.41. The second-order valence-electron chi connectivity index (χ2n) is 6.97. The summed E-state index contributed by atoms with van der Waals surface area (Å²) in [6.45, 7) is 1.37. The van der Waals surface area contributed by atoms with Crippen LogP contribution in [-0.2, 0) is 9.53 Å². The number of methoxy groups -OCH3 is 1. The lowest BCUT2D eigenvalue weighted by Crippen LogP contribution is -2.32. The Kier molecular flexibility index (Phi) is 7.62. The highest BCUT2D eigenvalue weighted by atomic mass is 32.1. The zero-order valence-corrected chi connectivity index (χ0v) is 18.8. The summed E-state index contributed by atoms with van der Waals surface area (Å²) in [5, 5.41) is 4.60. The molecule has 166 valence electrons. The van der Waals surface area contributed by atoms with Crippen molar-refractivity contribution >= 4 is 34.8 Å². The van der Waals surface area contributed by atoms with Gasteiger partial charge in [0.05, 0.1) is 29.3 Å². The molecule has 1 N–H and O–H groups in total. The second kappa shape index (κ2) is 10.6. The fourth-order valence-electron chi connectivity index (χ4n) is 3.21. The Morgan fingerprint density at radius 1 is 1.03 bits per heavy atom. The van der Waals surface area contributed by atoms with Crippen molar-refractivity contribution < 1.29 is 23.9 Å². The average molecular weight is 453 g/mol. The van der Waals surface area contributed by atoms with Gasteiger partial charge in [0.25, 0.3) is 11.8 Å². The fourth-order valence-corrected chi connectivity index (χ4v) is 3.91. The predicted octanol–water partition coefficient (Wildman–Crippen LogP) is 4.07. The number of benzene rings is 2. The van der Waals surface area contributed by atoms with E-state index >= 15 is 0 Å². The molecule has 32 heavy (non-hydrogen) atoms. The lowest BCUT2D eigenvalue weighted by Gasteiger charge is -2.20. The Hall–Kier alpha value is -3.65. The topological polar surface area (TPSA) is 84.9 Å². The van der Waals surface area contributed by atoms with E-state index in [-0.39, 0.29) is 17.5 Å². The van der Waals surface area contributed by atoms with Crippen LogP contribution < -0.4 is 15.0 Å². The zero-order valence-electron chi connectivity index (χ0n) is 18.0. The van der Waals surface area contributed by atoms with E-state index < -0.39 is 18.5 Å². The third-order valence-corrected chi connectivity index (χ3v) is 5.70. The molecule has 1 heterocycles. The minimum Gasteiger partial charge on any atom is -0.496 e. The molecule has 1 unspecified atom stereocenters. The highest BCUT2D eigenvalue weighted by molar-refractivity contribution is 7.12. The van der Waals surface area contributed by atoms with Crippen LogP contribution in [0.1, 0.15) is 38.6 Å². The molecule has 0 spiro atoms. The summed E-state index contributed by atoms with van der Waals surface area (Å²) in [6, 6.07) is 17.2. The van der Waals surface area contributed by atoms with E-state index in [1.165, 1.54) is 16.2 Å². The van der Waals surface area contributed by atoms with Crippen molar-refractivity contribution in [2.24, 2.45) is 0 Å². The molecule has 0 bridgehead atoms. The van der Waals surface area contributed by atoms with E-state index in [0.717, 1.165) is 5.56 Å². The van der Waals surface area contributed by atoms with Gasteiger partial charge in [0, 0.05) is 12.6 Å². The van der Waals surface area contributed by atoms with Crippen molar-refractivity contribution in [1.29, 1.82) is 0 Å². The van der Waals surface area contributed by atoms with E-state index in [0.29, 0.717) is 16.3 Å². The number of para-hydroxylation sites is 2. The summed E-state index contributed by atoms with van der Waals surface area (Å²) in [5.74, 6) is -0.711. The van der Waals surface area contributed by atoms with E-state index in [4.69, 9.17) is 9.47 Å². The number of anilines is 1. The summed E-state index contributed by atoms with van der Waals surface area (Å²) < 4.78 is 10.5. The maximum atomic E-state index is 12.7. The van der Waals surface area contributed by atoms with Gasteiger partial charge in [-0.25, -0.2) is 4.79 Å². The van der Waals surface area contributed by atoms with Gasteiger partial charge < -0.3 is 19.7 Å². The van der Waals surface area contributed by atoms with Crippen molar-refractivity contribution in [1.82, 2.24) is 5.32 Å². The molecular weight excluding hydrogens is 428 g/mol. The second-order valence-corrected chi connectivity index (χ2v) is 7.91. The van der Waals surface area contributed by atoms with Crippen LogP contribution in [-0.4, -0.2) is 38.5 Å². The van der Waals surface area contributed by atoms with Crippen LogP contribution in [0.4, 0.5) is 5.69 Å². The van der Waals surface area contributed by atoms with Crippen molar-refractivity contribution in [3.63, 3.8) is 0 Å². The first-order chi connectivity index (χ1) is 15.4. The van der Waals surface area contributed by atoms with E-state index in [1.807, 2.05) is 36.6 Å². The minimum absolute atomic E-state index is 0.200. The molecule has 0 aliphatic carbocycles. The van der Waals surface area contributed by atoms with Gasteiger partial charge in [-0.15, -0.1) is 11.3 Å². The number of esters is 1. The van der Waals surface area contributed by atoms with Gasteiger partial charge in [0.15, 0.2) is 6.61 Å². The predicted molar refractivity (Wildman–Crippen MR) is 123 cm³/mol. The molecule has 1 aromatic heterocycles. The van der Waals surface area contributed by atoms with Crippen molar-refractivity contribution in [2.75, 3.05) is 25.7 Å². The van der Waals surface area contributed by atoms with Gasteiger partial charge in [0.1, 0.15) is 5.75 Å². The standard InChI is InChI=1S/C24H24N2O5S/c1-16(17-9-5-7-12-20(17)30-3)25-22(27)15-31-24(29)18-10-4-6-11-19(18)26(2)23(28)21-13-8-14-32-21/h4-14,16H,15H2,1-3H3,(H,25,27). The number of carbonyl (C=O) groups excluding carboxylic acids is 3. The van der Waals surface area contributed by atoms with Gasteiger partial charge in [-0.2, -0.15) is 0 Å². The third-order valence-electron chi connectivity index (χ3n) is 4.84. The highest BCUT2D eigenvalue weighted by Crippen LogP contribution is 2.25. The molecule has 0 aliphatic heterocycles. The molecule has 3 rings (SSSR count). The summed E-state index contributed by atoms with van der Waals surface area (Å²) in [7, 11) is 3.16. The van der Waals surface area contributed by atoms with Crippen LogP contribution >= 0.6 is 11.3 Å². The third kappa shape index (κ3) is 5.33. The van der Waals surface area contributed by atoms with Crippen LogP contribution in [0.2, 0.25) is 0 Å². The molecule has 7 nitrogen and oxygen atoms in total. The van der Waals surface area contributed by atoms with Crippen LogP contribution in [0.3, 0.4) is 0 Å². The Balaban J connectivity index is 1.64. The first-order valence-corrected chi connectivity index (χ1v) is 10.8. The number of hydrogen-bond donors (Lipinski definition) is 1. The number of amides is 2. The Labute approximate surface area is 190 Å². The van der Waals surface area contributed by atoms with Gasteiger partial charge >= 0.3 is 5.97 Å². The Morgan fingerprint density at radius 3 is 2.47 bits per heavy atom. The van der Waals surface area contributed by atoms with Crippen LogP contribution in [0, 0.1) is 0 Å². The van der Waals surface area contributed by atoms with Crippen LogP contribution in [0.25, 0.3) is 0 Å². The molecular formula is C24H24N2O5S. The maximum absolute atomic E-state index is 12.7. The minimum atomic E-state index is -0.688. The number of nitrogens with one attached hydrogen (secondary N) is 1. The van der Waals surface area contributed by atoms with Gasteiger partial charge in [-0.1, -0.05) is 36.4 Å². The van der Waals surface area contributed by atoms with Gasteiger partial charge in [-0.05, 0) is 36.6 Å². The molecule has 3 aromatic rings. The molecule has 2 aromatic carbocycles. The summed E-state index contributed by atoms with van der Waals surface area (Å²) in [4.78, 5) is 39.7. The normalized spacial score (nSPS) is 11.3. The number of carbonyl (C=O) groups is 3. The fraction of sp³-hybridized carbons (Fsp3) is 0.208. The van der Waals surface area contributed by atoms with Gasteiger partial charge in [0.2, 0.25) is 0 Å². The Morgan fingerprint density at radius 2 is 1.75 bits per heavy atom. The zero-order chi connectivity index (χ0) is 23.1. The van der Waals surface area contributed by atoms with E-state index in [2.05, 4.69) is 5.32 Å². The maximum Gasteiger partial charge on any atom is 0.340 e. The first kappa shape index (κ1) is 23.0. The summed E-state index contributed by atoms with van der Waals surface area (Å²) in [6.07, 6.45) is 0. The smallest absolute Gasteiger partial charge is 0.340 e. The van der Waals surface area contributed by atoms with E-state index in [9.17, 15) is 14.4 Å². The average Bonchev–Trinajstić information content (AvgIpc) is 3.36. The van der Waals surface area contributed by atoms with Crippen LogP contribution in [0.15, 0.2) is 66.0 Å². The molecule has 2 amide bonds. The highest BCUT2D eigenvalue weighted by Gasteiger charge is 2.22. The SMILES string of the molecule is COc1ccccc1C(C)NC(=O)COC(=O)c1ccccc1N(C)C(=O)c1cccs1. The number of ether oxygens (including phenoxy) is 2. The van der Waals surface area contributed by atoms with Crippen molar-refractivity contribution in [3.05, 3.63) is 82.0 Å². The summed E-state index contributed by atoms with van der Waals surface area (Å²) >= 11 is 1.32.